The van der Waals surface area contributed by atoms with Gasteiger partial charge in [0.15, 0.2) is 0 Å². The van der Waals surface area contributed by atoms with Crippen molar-refractivity contribution < 1.29 is 4.79 Å². The van der Waals surface area contributed by atoms with Crippen LogP contribution in [0.1, 0.15) is 58.8 Å². The third-order valence-corrected chi connectivity index (χ3v) is 3.03. The van der Waals surface area contributed by atoms with Crippen LogP contribution >= 0.6 is 0 Å². The Morgan fingerprint density at radius 2 is 2.13 bits per heavy atom. The zero-order valence-corrected chi connectivity index (χ0v) is 10.0. The first-order valence-electron chi connectivity index (χ1n) is 6.17. The number of nitrogens with one attached hydrogen (secondary N) is 1. The van der Waals surface area contributed by atoms with Gasteiger partial charge >= 0.3 is 0 Å². The van der Waals surface area contributed by atoms with Crippen LogP contribution < -0.4 is 5.32 Å². The topological polar surface area (TPSA) is 29.1 Å². The largest absolute Gasteiger partial charge is 0.354 e. The molecule has 0 aliphatic heterocycles. The monoisotopic (exact) mass is 209 g/mol. The van der Waals surface area contributed by atoms with Crippen LogP contribution in [0.3, 0.4) is 0 Å². The quantitative estimate of drug-likeness (QED) is 0.559. The molecule has 1 N–H and O–H groups in total. The molecule has 1 saturated carbocycles. The standard InChI is InChI=1S/C13H23NO/c1-3-4-5-6-12-7-9-13(10-8-12)14-11(2)15/h6,13H,3-5,7-10H2,1-2H3,(H,14,15). The highest BCUT2D eigenvalue weighted by atomic mass is 16.1. The van der Waals surface area contributed by atoms with E-state index in [4.69, 9.17) is 0 Å². The summed E-state index contributed by atoms with van der Waals surface area (Å²) in [6.45, 7) is 3.83. The van der Waals surface area contributed by atoms with Gasteiger partial charge in [-0.15, -0.1) is 0 Å². The predicted molar refractivity (Wildman–Crippen MR) is 63.7 cm³/mol. The van der Waals surface area contributed by atoms with Gasteiger partial charge in [0.25, 0.3) is 0 Å². The van der Waals surface area contributed by atoms with E-state index in [2.05, 4.69) is 18.3 Å². The lowest BCUT2D eigenvalue weighted by molar-refractivity contribution is -0.119. The summed E-state index contributed by atoms with van der Waals surface area (Å²) < 4.78 is 0. The lowest BCUT2D eigenvalue weighted by Crippen LogP contribution is -2.34. The van der Waals surface area contributed by atoms with Crippen molar-refractivity contribution in [1.82, 2.24) is 5.32 Å². The van der Waals surface area contributed by atoms with Crippen molar-refractivity contribution in [2.24, 2.45) is 0 Å². The van der Waals surface area contributed by atoms with E-state index in [1.165, 1.54) is 32.1 Å². The summed E-state index contributed by atoms with van der Waals surface area (Å²) in [5.74, 6) is 0.110. The number of rotatable bonds is 4. The van der Waals surface area contributed by atoms with Gasteiger partial charge in [-0.25, -0.2) is 0 Å². The van der Waals surface area contributed by atoms with E-state index in [-0.39, 0.29) is 5.91 Å². The number of amides is 1. The Balaban J connectivity index is 2.23. The Kier molecular flexibility index (Phi) is 5.44. The zero-order valence-electron chi connectivity index (χ0n) is 10.0. The minimum absolute atomic E-state index is 0.110. The molecule has 2 heteroatoms. The van der Waals surface area contributed by atoms with E-state index in [1.54, 1.807) is 12.5 Å². The van der Waals surface area contributed by atoms with Crippen molar-refractivity contribution in [3.8, 4) is 0 Å². The highest BCUT2D eigenvalue weighted by Crippen LogP contribution is 2.24. The summed E-state index contributed by atoms with van der Waals surface area (Å²) in [6.07, 6.45) is 10.8. The van der Waals surface area contributed by atoms with E-state index in [0.717, 1.165) is 12.8 Å². The molecule has 0 spiro atoms. The van der Waals surface area contributed by atoms with E-state index in [9.17, 15) is 4.79 Å². The molecular formula is C13H23NO. The van der Waals surface area contributed by atoms with E-state index >= 15 is 0 Å². The maximum absolute atomic E-state index is 10.9. The summed E-state index contributed by atoms with van der Waals surface area (Å²) in [5, 5.41) is 3.00. The Hall–Kier alpha value is -0.790. The number of allylic oxidation sites excluding steroid dienone is 2. The molecule has 2 nitrogen and oxygen atoms in total. The molecule has 1 amide bonds. The first kappa shape index (κ1) is 12.3. The third-order valence-electron chi connectivity index (χ3n) is 3.03. The molecule has 0 radical (unpaired) electrons. The van der Waals surface area contributed by atoms with Gasteiger partial charge in [0.1, 0.15) is 0 Å². The smallest absolute Gasteiger partial charge is 0.217 e. The summed E-state index contributed by atoms with van der Waals surface area (Å²) >= 11 is 0. The molecule has 0 heterocycles. The van der Waals surface area contributed by atoms with Gasteiger partial charge < -0.3 is 5.32 Å². The molecular weight excluding hydrogens is 186 g/mol. The van der Waals surface area contributed by atoms with Crippen molar-refractivity contribution >= 4 is 5.91 Å². The molecule has 86 valence electrons. The first-order valence-corrected chi connectivity index (χ1v) is 6.17. The Bertz CT molecular complexity index is 223. The molecule has 0 aromatic carbocycles. The van der Waals surface area contributed by atoms with Gasteiger partial charge in [-0.05, 0) is 32.1 Å². The Morgan fingerprint density at radius 3 is 2.67 bits per heavy atom. The van der Waals surface area contributed by atoms with E-state index < -0.39 is 0 Å². The van der Waals surface area contributed by atoms with Gasteiger partial charge in [0, 0.05) is 13.0 Å². The van der Waals surface area contributed by atoms with Crippen LogP contribution in [0.2, 0.25) is 0 Å². The van der Waals surface area contributed by atoms with E-state index in [1.807, 2.05) is 0 Å². The average Bonchev–Trinajstić information content (AvgIpc) is 2.20. The van der Waals surface area contributed by atoms with Crippen LogP contribution in [0.5, 0.6) is 0 Å². The fourth-order valence-electron chi connectivity index (χ4n) is 2.13. The Labute approximate surface area is 93.1 Å². The molecule has 0 aromatic rings. The molecule has 1 aliphatic rings. The number of hydrogen-bond donors (Lipinski definition) is 1. The first-order chi connectivity index (χ1) is 7.22. The minimum Gasteiger partial charge on any atom is -0.354 e. The fraction of sp³-hybridized carbons (Fsp3) is 0.769. The number of unbranched alkanes of at least 4 members (excludes halogenated alkanes) is 2. The van der Waals surface area contributed by atoms with Crippen molar-refractivity contribution in [3.05, 3.63) is 11.6 Å². The molecule has 0 unspecified atom stereocenters. The highest BCUT2D eigenvalue weighted by Gasteiger charge is 2.16. The highest BCUT2D eigenvalue weighted by molar-refractivity contribution is 5.73. The van der Waals surface area contributed by atoms with E-state index in [0.29, 0.717) is 6.04 Å². The van der Waals surface area contributed by atoms with Gasteiger partial charge in [-0.1, -0.05) is 31.4 Å². The summed E-state index contributed by atoms with van der Waals surface area (Å²) in [5.41, 5.74) is 1.60. The molecule has 0 bridgehead atoms. The van der Waals surface area contributed by atoms with Crippen molar-refractivity contribution in [1.29, 1.82) is 0 Å². The van der Waals surface area contributed by atoms with Crippen LogP contribution in [0.4, 0.5) is 0 Å². The number of carbonyl (C=O) groups is 1. The number of hydrogen-bond acceptors (Lipinski definition) is 1. The van der Waals surface area contributed by atoms with Gasteiger partial charge in [0.05, 0.1) is 0 Å². The van der Waals surface area contributed by atoms with Crippen molar-refractivity contribution in [3.63, 3.8) is 0 Å². The van der Waals surface area contributed by atoms with Gasteiger partial charge in [-0.3, -0.25) is 4.79 Å². The molecule has 1 rings (SSSR count). The molecule has 1 aliphatic carbocycles. The molecule has 0 aromatic heterocycles. The fourth-order valence-corrected chi connectivity index (χ4v) is 2.13. The average molecular weight is 209 g/mol. The second-order valence-corrected chi connectivity index (χ2v) is 4.48. The van der Waals surface area contributed by atoms with Crippen LogP contribution in [0.15, 0.2) is 11.6 Å². The molecule has 1 fully saturated rings. The van der Waals surface area contributed by atoms with Crippen LogP contribution in [-0.2, 0) is 4.79 Å². The van der Waals surface area contributed by atoms with Gasteiger partial charge in [0.2, 0.25) is 5.91 Å². The third kappa shape index (κ3) is 5.01. The normalized spacial score (nSPS) is 21.2. The number of carbonyl (C=O) groups excluding carboxylic acids is 1. The summed E-state index contributed by atoms with van der Waals surface area (Å²) in [6, 6.07) is 0.422. The minimum atomic E-state index is 0.110. The zero-order chi connectivity index (χ0) is 11.1. The maximum Gasteiger partial charge on any atom is 0.217 e. The lowest BCUT2D eigenvalue weighted by Gasteiger charge is -2.24. The van der Waals surface area contributed by atoms with Crippen LogP contribution in [0, 0.1) is 0 Å². The van der Waals surface area contributed by atoms with Crippen LogP contribution in [0.25, 0.3) is 0 Å². The van der Waals surface area contributed by atoms with Crippen molar-refractivity contribution in [2.45, 2.75) is 64.8 Å². The molecule has 0 atom stereocenters. The second kappa shape index (κ2) is 6.65. The molecule has 15 heavy (non-hydrogen) atoms. The second-order valence-electron chi connectivity index (χ2n) is 4.48. The predicted octanol–water partition coefficient (Wildman–Crippen LogP) is 3.18. The lowest BCUT2D eigenvalue weighted by atomic mass is 9.90. The molecule has 0 saturated heterocycles. The summed E-state index contributed by atoms with van der Waals surface area (Å²) in [4.78, 5) is 10.9. The SMILES string of the molecule is CCCCC=C1CCC(NC(C)=O)CC1. The summed E-state index contributed by atoms with van der Waals surface area (Å²) in [7, 11) is 0. The van der Waals surface area contributed by atoms with Gasteiger partial charge in [-0.2, -0.15) is 0 Å². The van der Waals surface area contributed by atoms with Crippen LogP contribution in [-0.4, -0.2) is 11.9 Å². The Morgan fingerprint density at radius 1 is 1.47 bits per heavy atom. The van der Waals surface area contributed by atoms with Crippen molar-refractivity contribution in [2.75, 3.05) is 0 Å². The maximum atomic E-state index is 10.9.